The molecule has 1 N–H and O–H groups in total. The number of rotatable bonds is 6. The van der Waals surface area contributed by atoms with Gasteiger partial charge in [-0.3, -0.25) is 9.89 Å². The first-order valence-electron chi connectivity index (χ1n) is 8.05. The molecule has 0 aliphatic rings. The van der Waals surface area contributed by atoms with Gasteiger partial charge in [0.25, 0.3) is 5.91 Å². The Labute approximate surface area is 141 Å². The zero-order valence-electron chi connectivity index (χ0n) is 13.9. The van der Waals surface area contributed by atoms with E-state index in [1.165, 1.54) is 0 Å². The lowest BCUT2D eigenvalue weighted by Gasteiger charge is -2.17. The van der Waals surface area contributed by atoms with Gasteiger partial charge in [0.2, 0.25) is 0 Å². The summed E-state index contributed by atoms with van der Waals surface area (Å²) in [6.07, 6.45) is 7.07. The molecule has 0 saturated heterocycles. The van der Waals surface area contributed by atoms with Crippen LogP contribution in [-0.2, 0) is 13.0 Å². The number of hydrogen-bond acceptors (Lipinski definition) is 3. The van der Waals surface area contributed by atoms with Gasteiger partial charge < -0.3 is 4.90 Å². The molecule has 0 radical (unpaired) electrons. The number of amides is 1. The molecule has 124 valence electrons. The van der Waals surface area contributed by atoms with Crippen molar-refractivity contribution < 1.29 is 4.79 Å². The Morgan fingerprint density at radius 1 is 1.29 bits per heavy atom. The third-order valence-electron chi connectivity index (χ3n) is 3.92. The minimum atomic E-state index is -0.0108. The minimum Gasteiger partial charge on any atom is -0.337 e. The molecule has 3 aromatic rings. The number of aromatic amines is 1. The molecule has 6 heteroatoms. The first-order chi connectivity index (χ1) is 11.7. The molecular weight excluding hydrogens is 302 g/mol. The van der Waals surface area contributed by atoms with Crippen LogP contribution >= 0.6 is 0 Å². The Morgan fingerprint density at radius 3 is 2.75 bits per heavy atom. The molecule has 0 fully saturated rings. The predicted molar refractivity (Wildman–Crippen MR) is 91.9 cm³/mol. The van der Waals surface area contributed by atoms with Gasteiger partial charge >= 0.3 is 0 Å². The first-order valence-corrected chi connectivity index (χ1v) is 8.05. The summed E-state index contributed by atoms with van der Waals surface area (Å²) in [4.78, 5) is 14.3. The number of carbonyl (C=O) groups is 1. The van der Waals surface area contributed by atoms with Crippen molar-refractivity contribution >= 4 is 5.91 Å². The molecule has 2 heterocycles. The molecular formula is C18H21N5O. The van der Waals surface area contributed by atoms with Crippen LogP contribution in [0.2, 0.25) is 0 Å². The lowest BCUT2D eigenvalue weighted by atomic mass is 10.1. The summed E-state index contributed by atoms with van der Waals surface area (Å²) in [5.41, 5.74) is 3.64. The number of aromatic nitrogens is 4. The van der Waals surface area contributed by atoms with E-state index >= 15 is 0 Å². The topological polar surface area (TPSA) is 66.8 Å². The van der Waals surface area contributed by atoms with Crippen molar-refractivity contribution in [3.8, 4) is 5.69 Å². The van der Waals surface area contributed by atoms with Crippen LogP contribution in [0.1, 0.15) is 35.0 Å². The van der Waals surface area contributed by atoms with Crippen molar-refractivity contribution in [1.29, 1.82) is 0 Å². The largest absolute Gasteiger partial charge is 0.337 e. The summed E-state index contributed by atoms with van der Waals surface area (Å²) in [5.74, 6) is -0.0108. The third kappa shape index (κ3) is 3.37. The number of aryl methyl sites for hydroxylation is 1. The van der Waals surface area contributed by atoms with E-state index < -0.39 is 0 Å². The second-order valence-corrected chi connectivity index (χ2v) is 5.79. The maximum Gasteiger partial charge on any atom is 0.257 e. The lowest BCUT2D eigenvalue weighted by Crippen LogP contribution is -2.26. The fourth-order valence-corrected chi connectivity index (χ4v) is 2.66. The van der Waals surface area contributed by atoms with Gasteiger partial charge in [-0.15, -0.1) is 0 Å². The van der Waals surface area contributed by atoms with E-state index in [1.54, 1.807) is 22.0 Å². The fourth-order valence-electron chi connectivity index (χ4n) is 2.66. The second kappa shape index (κ2) is 7.12. The number of nitrogens with one attached hydrogen (secondary N) is 1. The number of benzene rings is 1. The van der Waals surface area contributed by atoms with Crippen molar-refractivity contribution in [2.45, 2.75) is 26.3 Å². The van der Waals surface area contributed by atoms with Crippen molar-refractivity contribution in [3.63, 3.8) is 0 Å². The maximum absolute atomic E-state index is 12.6. The van der Waals surface area contributed by atoms with E-state index in [-0.39, 0.29) is 5.91 Å². The molecule has 0 saturated carbocycles. The summed E-state index contributed by atoms with van der Waals surface area (Å²) in [6.45, 7) is 2.63. The average Bonchev–Trinajstić information content (AvgIpc) is 3.27. The number of hydrogen-bond donors (Lipinski definition) is 1. The molecule has 1 amide bonds. The predicted octanol–water partition coefficient (Wildman–Crippen LogP) is 2.82. The van der Waals surface area contributed by atoms with E-state index in [0.717, 1.165) is 29.8 Å². The maximum atomic E-state index is 12.6. The summed E-state index contributed by atoms with van der Waals surface area (Å²) in [6, 6.07) is 9.92. The van der Waals surface area contributed by atoms with Crippen LogP contribution in [0.15, 0.2) is 48.9 Å². The molecule has 0 spiro atoms. The Kier molecular flexibility index (Phi) is 4.74. The monoisotopic (exact) mass is 323 g/mol. The quantitative estimate of drug-likeness (QED) is 0.758. The lowest BCUT2D eigenvalue weighted by molar-refractivity contribution is 0.0784. The zero-order chi connectivity index (χ0) is 16.9. The second-order valence-electron chi connectivity index (χ2n) is 5.79. The molecule has 6 nitrogen and oxygen atoms in total. The first kappa shape index (κ1) is 16.0. The van der Waals surface area contributed by atoms with Crippen molar-refractivity contribution in [3.05, 3.63) is 65.7 Å². The molecule has 0 bridgehead atoms. The Balaban J connectivity index is 1.69. The highest BCUT2D eigenvalue weighted by Gasteiger charge is 2.17. The molecule has 2 aromatic heterocycles. The smallest absolute Gasteiger partial charge is 0.257 e. The molecule has 0 atom stereocenters. The van der Waals surface area contributed by atoms with E-state index in [4.69, 9.17) is 0 Å². The Morgan fingerprint density at radius 2 is 2.08 bits per heavy atom. The van der Waals surface area contributed by atoms with Crippen LogP contribution < -0.4 is 0 Å². The van der Waals surface area contributed by atoms with Gasteiger partial charge in [-0.05, 0) is 30.2 Å². The molecule has 24 heavy (non-hydrogen) atoms. The van der Waals surface area contributed by atoms with E-state index in [9.17, 15) is 4.79 Å². The van der Waals surface area contributed by atoms with Crippen molar-refractivity contribution in [2.75, 3.05) is 7.05 Å². The molecule has 0 aliphatic carbocycles. The molecule has 0 unspecified atom stereocenters. The summed E-state index contributed by atoms with van der Waals surface area (Å²) in [5, 5.41) is 11.1. The highest BCUT2D eigenvalue weighted by Crippen LogP contribution is 2.14. The number of nitrogens with zero attached hydrogens (tertiary/aromatic N) is 4. The Bertz CT molecular complexity index is 789. The van der Waals surface area contributed by atoms with Gasteiger partial charge in [0.1, 0.15) is 0 Å². The van der Waals surface area contributed by atoms with Gasteiger partial charge in [0.15, 0.2) is 0 Å². The van der Waals surface area contributed by atoms with Gasteiger partial charge in [-0.1, -0.05) is 25.5 Å². The zero-order valence-corrected chi connectivity index (χ0v) is 13.9. The van der Waals surface area contributed by atoms with Crippen molar-refractivity contribution in [1.82, 2.24) is 24.9 Å². The van der Waals surface area contributed by atoms with Crippen molar-refractivity contribution in [2.24, 2.45) is 0 Å². The fraction of sp³-hybridized carbons (Fsp3) is 0.278. The number of H-pyrrole nitrogens is 1. The summed E-state index contributed by atoms with van der Waals surface area (Å²) < 4.78 is 1.81. The van der Waals surface area contributed by atoms with Crippen LogP contribution in [0, 0.1) is 0 Å². The molecule has 3 rings (SSSR count). The highest BCUT2D eigenvalue weighted by molar-refractivity contribution is 5.94. The minimum absolute atomic E-state index is 0.0108. The Hall–Kier alpha value is -2.89. The van der Waals surface area contributed by atoms with Gasteiger partial charge in [0, 0.05) is 31.7 Å². The molecule has 0 aliphatic heterocycles. The standard InChI is InChI=1S/C18H21N5O/c1-3-5-17-16(12-19-21-17)18(24)22(2)13-14-6-8-15(9-7-14)23-11-4-10-20-23/h4,6-12H,3,5,13H2,1-2H3,(H,19,21). The molecule has 1 aromatic carbocycles. The third-order valence-corrected chi connectivity index (χ3v) is 3.92. The SMILES string of the molecule is CCCc1[nH]ncc1C(=O)N(C)Cc1ccc(-n2cccn2)cc1. The van der Waals surface area contributed by atoms with E-state index in [2.05, 4.69) is 22.2 Å². The van der Waals surface area contributed by atoms with Crippen LogP contribution in [0.4, 0.5) is 0 Å². The number of carbonyl (C=O) groups excluding carboxylic acids is 1. The van der Waals surface area contributed by atoms with Gasteiger partial charge in [-0.25, -0.2) is 4.68 Å². The van der Waals surface area contributed by atoms with Gasteiger partial charge in [-0.2, -0.15) is 10.2 Å². The van der Waals surface area contributed by atoms with Crippen LogP contribution in [0.3, 0.4) is 0 Å². The highest BCUT2D eigenvalue weighted by atomic mass is 16.2. The normalized spacial score (nSPS) is 10.8. The van der Waals surface area contributed by atoms with Gasteiger partial charge in [0.05, 0.1) is 17.4 Å². The average molecular weight is 323 g/mol. The van der Waals surface area contributed by atoms with Crippen LogP contribution in [0.5, 0.6) is 0 Å². The summed E-state index contributed by atoms with van der Waals surface area (Å²) >= 11 is 0. The van der Waals surface area contributed by atoms with Crippen LogP contribution in [-0.4, -0.2) is 37.8 Å². The van der Waals surface area contributed by atoms with E-state index in [0.29, 0.717) is 12.1 Å². The summed E-state index contributed by atoms with van der Waals surface area (Å²) in [7, 11) is 1.81. The van der Waals surface area contributed by atoms with Crippen LogP contribution in [0.25, 0.3) is 5.69 Å². The van der Waals surface area contributed by atoms with E-state index in [1.807, 2.05) is 43.6 Å².